The highest BCUT2D eigenvalue weighted by atomic mass is 32.2. The first kappa shape index (κ1) is 33.1. The summed E-state index contributed by atoms with van der Waals surface area (Å²) in [5, 5.41) is 10.0. The van der Waals surface area contributed by atoms with E-state index in [-0.39, 0.29) is 10.3 Å². The molecule has 2 aliphatic heterocycles. The van der Waals surface area contributed by atoms with Crippen molar-refractivity contribution >= 4 is 25.9 Å². The molecule has 10 nitrogen and oxygen atoms in total. The van der Waals surface area contributed by atoms with Crippen molar-refractivity contribution in [1.29, 1.82) is 0 Å². The molecular weight excluding hydrogens is 587 g/mol. The number of hydrogen-bond donors (Lipinski definition) is 1. The fraction of sp³-hybridized carbons (Fsp3) is 0.806. The molecule has 1 N–H and O–H groups in total. The van der Waals surface area contributed by atoms with Crippen LogP contribution in [0.25, 0.3) is 0 Å². The Morgan fingerprint density at radius 1 is 0.744 bits per heavy atom. The summed E-state index contributed by atoms with van der Waals surface area (Å²) in [5.74, 6) is 0.658. The largest absolute Gasteiger partial charge is 0.393 e. The summed E-state index contributed by atoms with van der Waals surface area (Å²) < 4.78 is 61.0. The maximum atomic E-state index is 14.1. The van der Waals surface area contributed by atoms with Crippen LogP contribution in [0.5, 0.6) is 0 Å². The molecule has 5 rings (SSSR count). The molecule has 1 spiro atoms. The number of aliphatic hydroxyl groups is 1. The zero-order chi connectivity index (χ0) is 30.7. The van der Waals surface area contributed by atoms with Gasteiger partial charge in [0.15, 0.2) is 0 Å². The van der Waals surface area contributed by atoms with Crippen LogP contribution in [-0.4, -0.2) is 119 Å². The van der Waals surface area contributed by atoms with Gasteiger partial charge in [-0.05, 0) is 100 Å². The van der Waals surface area contributed by atoms with Crippen molar-refractivity contribution in [2.24, 2.45) is 11.3 Å². The van der Waals surface area contributed by atoms with Crippen molar-refractivity contribution in [3.63, 3.8) is 0 Å². The van der Waals surface area contributed by atoms with Gasteiger partial charge in [-0.25, -0.2) is 8.42 Å². The van der Waals surface area contributed by atoms with Gasteiger partial charge in [0, 0.05) is 65.6 Å². The minimum Gasteiger partial charge on any atom is -0.393 e. The van der Waals surface area contributed by atoms with Crippen LogP contribution >= 0.6 is 0 Å². The van der Waals surface area contributed by atoms with Gasteiger partial charge in [-0.2, -0.15) is 21.3 Å². The average molecular weight is 640 g/mol. The van der Waals surface area contributed by atoms with Gasteiger partial charge >= 0.3 is 0 Å². The zero-order valence-corrected chi connectivity index (χ0v) is 27.9. The van der Waals surface area contributed by atoms with Crippen LogP contribution in [-0.2, 0) is 20.2 Å². The smallest absolute Gasteiger partial charge is 0.281 e. The maximum Gasteiger partial charge on any atom is 0.281 e. The Kier molecular flexibility index (Phi) is 10.8. The molecule has 0 unspecified atom stereocenters. The molecule has 0 radical (unpaired) electrons. The van der Waals surface area contributed by atoms with E-state index in [9.17, 15) is 21.9 Å². The van der Waals surface area contributed by atoms with Crippen LogP contribution in [0.3, 0.4) is 0 Å². The van der Waals surface area contributed by atoms with E-state index in [0.29, 0.717) is 58.0 Å². The summed E-state index contributed by atoms with van der Waals surface area (Å²) in [4.78, 5) is 4.70. The Morgan fingerprint density at radius 3 is 1.91 bits per heavy atom. The topological polar surface area (TPSA) is 105 Å². The van der Waals surface area contributed by atoms with E-state index >= 15 is 0 Å². The third-order valence-electron chi connectivity index (χ3n) is 10.1. The molecule has 2 aliphatic carbocycles. The summed E-state index contributed by atoms with van der Waals surface area (Å²) in [6, 6.07) is 7.06. The lowest BCUT2D eigenvalue weighted by atomic mass is 9.89. The minimum atomic E-state index is -3.76. The molecule has 2 saturated heterocycles. The maximum absolute atomic E-state index is 14.1. The molecule has 2 heterocycles. The van der Waals surface area contributed by atoms with Crippen molar-refractivity contribution < 1.29 is 21.9 Å². The molecule has 2 saturated carbocycles. The van der Waals surface area contributed by atoms with Crippen molar-refractivity contribution in [3.05, 3.63) is 24.3 Å². The van der Waals surface area contributed by atoms with Gasteiger partial charge in [-0.3, -0.25) is 0 Å². The summed E-state index contributed by atoms with van der Waals surface area (Å²) in [6.45, 7) is 4.80. The Labute approximate surface area is 260 Å². The van der Waals surface area contributed by atoms with E-state index in [1.807, 2.05) is 31.1 Å². The molecule has 4 fully saturated rings. The lowest BCUT2D eigenvalue weighted by Gasteiger charge is -2.37. The van der Waals surface area contributed by atoms with Gasteiger partial charge in [0.25, 0.3) is 10.2 Å². The normalized spacial score (nSPS) is 25.3. The first-order valence-electron chi connectivity index (χ1n) is 16.4. The third-order valence-corrected chi connectivity index (χ3v) is 13.9. The molecule has 12 heteroatoms. The molecule has 1 aromatic carbocycles. The Bertz CT molecular complexity index is 1260. The SMILES string of the molecule is CN(C)c1ccc(S(=O)(=O)N2CCCN(CC3CCCCC3)CCCN(S(=O)(=O)N3CCC(O)CC3)CC3(CC3)C2)cc1. The lowest BCUT2D eigenvalue weighted by Crippen LogP contribution is -2.51. The Balaban J connectivity index is 1.40. The second kappa shape index (κ2) is 14.0. The van der Waals surface area contributed by atoms with Crippen molar-refractivity contribution in [2.75, 3.05) is 77.9 Å². The van der Waals surface area contributed by atoms with Gasteiger partial charge in [0.1, 0.15) is 0 Å². The number of nitrogens with zero attached hydrogens (tertiary/aromatic N) is 5. The van der Waals surface area contributed by atoms with Crippen molar-refractivity contribution in [1.82, 2.24) is 17.8 Å². The van der Waals surface area contributed by atoms with Crippen molar-refractivity contribution in [3.8, 4) is 0 Å². The number of hydrogen-bond acceptors (Lipinski definition) is 7. The first-order chi connectivity index (χ1) is 20.5. The van der Waals surface area contributed by atoms with Crippen LogP contribution in [0.15, 0.2) is 29.2 Å². The molecule has 0 atom stereocenters. The predicted molar refractivity (Wildman–Crippen MR) is 171 cm³/mol. The zero-order valence-electron chi connectivity index (χ0n) is 26.2. The molecule has 43 heavy (non-hydrogen) atoms. The number of anilines is 1. The lowest BCUT2D eigenvalue weighted by molar-refractivity contribution is 0.109. The molecule has 4 aliphatic rings. The van der Waals surface area contributed by atoms with Gasteiger partial charge in [0.05, 0.1) is 11.0 Å². The first-order valence-corrected chi connectivity index (χ1v) is 19.3. The third kappa shape index (κ3) is 8.31. The molecule has 0 bridgehead atoms. The van der Waals surface area contributed by atoms with Crippen molar-refractivity contribution in [2.45, 2.75) is 81.6 Å². The van der Waals surface area contributed by atoms with Gasteiger partial charge in [0.2, 0.25) is 10.0 Å². The van der Waals surface area contributed by atoms with E-state index in [0.717, 1.165) is 51.0 Å². The number of benzene rings is 1. The van der Waals surface area contributed by atoms with Crippen LogP contribution in [0.1, 0.15) is 70.6 Å². The second-order valence-corrected chi connectivity index (χ2v) is 17.6. The van der Waals surface area contributed by atoms with Gasteiger partial charge in [-0.1, -0.05) is 19.3 Å². The van der Waals surface area contributed by atoms with Crippen LogP contribution in [0, 0.1) is 11.3 Å². The van der Waals surface area contributed by atoms with E-state index in [2.05, 4.69) is 4.90 Å². The fourth-order valence-electron chi connectivity index (χ4n) is 7.12. The van der Waals surface area contributed by atoms with Gasteiger partial charge in [-0.15, -0.1) is 0 Å². The van der Waals surface area contributed by atoms with Crippen LogP contribution < -0.4 is 4.90 Å². The number of sulfonamides is 1. The average Bonchev–Trinajstić information content (AvgIpc) is 3.75. The quantitative estimate of drug-likeness (QED) is 0.489. The molecule has 0 amide bonds. The molecule has 244 valence electrons. The fourth-order valence-corrected chi connectivity index (χ4v) is 10.5. The standard InChI is InChI=1S/C31H53N5O5S2/c1-32(2)28-10-12-30(13-11-28)42(38,39)35-20-6-18-33(24-27-8-4-3-5-9-27)19-7-21-36(26-31(25-35)16-17-31)43(40,41)34-22-14-29(37)15-23-34/h10-13,27,29,37H,3-9,14-26H2,1-2H3. The van der Waals surface area contributed by atoms with Crippen LogP contribution in [0.2, 0.25) is 0 Å². The highest BCUT2D eigenvalue weighted by Gasteiger charge is 2.49. The highest BCUT2D eigenvalue weighted by molar-refractivity contribution is 7.89. The molecule has 0 aromatic heterocycles. The van der Waals surface area contributed by atoms with E-state index in [4.69, 9.17) is 0 Å². The van der Waals surface area contributed by atoms with Gasteiger partial charge < -0.3 is 14.9 Å². The van der Waals surface area contributed by atoms with E-state index in [1.54, 1.807) is 20.7 Å². The molecular formula is C31H53N5O5S2. The predicted octanol–water partition coefficient (Wildman–Crippen LogP) is 3.20. The summed E-state index contributed by atoms with van der Waals surface area (Å²) in [7, 11) is -3.62. The summed E-state index contributed by atoms with van der Waals surface area (Å²) >= 11 is 0. The second-order valence-electron chi connectivity index (χ2n) is 13.7. The minimum absolute atomic E-state index is 0.288. The number of aliphatic hydroxyl groups excluding tert-OH is 1. The highest BCUT2D eigenvalue weighted by Crippen LogP contribution is 2.48. The van der Waals surface area contributed by atoms with E-state index in [1.165, 1.54) is 36.4 Å². The Morgan fingerprint density at radius 2 is 1.33 bits per heavy atom. The van der Waals surface area contributed by atoms with Crippen LogP contribution in [0.4, 0.5) is 5.69 Å². The Hall–Kier alpha value is -1.28. The molecule has 1 aromatic rings. The number of piperidine rings is 1. The monoisotopic (exact) mass is 639 g/mol. The van der Waals surface area contributed by atoms with E-state index < -0.39 is 26.3 Å². The summed E-state index contributed by atoms with van der Waals surface area (Å²) in [5.41, 5.74) is 0.565. The number of rotatable bonds is 7. The summed E-state index contributed by atoms with van der Waals surface area (Å²) in [6.07, 6.45) is 9.94.